The summed E-state index contributed by atoms with van der Waals surface area (Å²) in [5.74, 6) is -0.278. The third-order valence-corrected chi connectivity index (χ3v) is 4.57. The Balaban J connectivity index is 2.11. The highest BCUT2D eigenvalue weighted by Crippen LogP contribution is 2.30. The molecule has 120 valence electrons. The molecule has 1 aromatic carbocycles. The van der Waals surface area contributed by atoms with Gasteiger partial charge in [-0.2, -0.15) is 5.10 Å². The van der Waals surface area contributed by atoms with Crippen LogP contribution in [0.1, 0.15) is 40.0 Å². The third-order valence-electron chi connectivity index (χ3n) is 4.34. The molecule has 0 radical (unpaired) electrons. The van der Waals surface area contributed by atoms with E-state index in [-0.39, 0.29) is 11.5 Å². The normalized spacial score (nSPS) is 14.3. The van der Waals surface area contributed by atoms with E-state index in [1.54, 1.807) is 24.8 Å². The van der Waals surface area contributed by atoms with E-state index in [0.717, 1.165) is 30.5 Å². The lowest BCUT2D eigenvalue weighted by atomic mass is 10.1. The van der Waals surface area contributed by atoms with Gasteiger partial charge in [0, 0.05) is 17.3 Å². The van der Waals surface area contributed by atoms with Gasteiger partial charge in [-0.1, -0.05) is 11.6 Å². The molecule has 1 aromatic heterocycles. The largest absolute Gasteiger partial charge is 0.308 e. The second kappa shape index (κ2) is 6.16. The molecular formula is C17H18ClN3O2. The van der Waals surface area contributed by atoms with E-state index in [1.807, 2.05) is 12.1 Å². The van der Waals surface area contributed by atoms with Gasteiger partial charge in [-0.05, 0) is 62.4 Å². The maximum absolute atomic E-state index is 13.0. The quantitative estimate of drug-likeness (QED) is 0.873. The number of H-pyrrole nitrogens is 1. The number of nitrogens with one attached hydrogen (secondary N) is 1. The molecule has 0 aliphatic carbocycles. The molecule has 1 amide bonds. The second-order valence-corrected chi connectivity index (χ2v) is 6.26. The number of hydrogen-bond donors (Lipinski definition) is 1. The van der Waals surface area contributed by atoms with Gasteiger partial charge in [0.2, 0.25) is 0 Å². The van der Waals surface area contributed by atoms with E-state index in [1.165, 1.54) is 0 Å². The van der Waals surface area contributed by atoms with Crippen LogP contribution in [0.15, 0.2) is 23.0 Å². The highest BCUT2D eigenvalue weighted by atomic mass is 35.5. The monoisotopic (exact) mass is 331 g/mol. The summed E-state index contributed by atoms with van der Waals surface area (Å²) in [5.41, 5.74) is 2.88. The molecule has 0 spiro atoms. The number of carbonyl (C=O) groups excluding carboxylic acids is 1. The number of carbonyl (C=O) groups is 1. The number of fused-ring (bicyclic) bond motifs is 1. The summed E-state index contributed by atoms with van der Waals surface area (Å²) in [6.45, 7) is 4.12. The lowest BCUT2D eigenvalue weighted by Gasteiger charge is -2.23. The number of rotatable bonds is 1. The number of amides is 1. The summed E-state index contributed by atoms with van der Waals surface area (Å²) in [6.07, 6.45) is 2.76. The van der Waals surface area contributed by atoms with E-state index in [4.69, 9.17) is 11.6 Å². The molecule has 2 heterocycles. The number of nitrogens with zero attached hydrogens (tertiary/aromatic N) is 2. The van der Waals surface area contributed by atoms with Crippen LogP contribution in [-0.2, 0) is 6.42 Å². The van der Waals surface area contributed by atoms with E-state index in [2.05, 4.69) is 10.2 Å². The SMILES string of the molecule is Cc1n[nH]c(=O)c(C(=O)N2CCCCc3cc(Cl)ccc32)c1C. The van der Waals surface area contributed by atoms with Crippen LogP contribution >= 0.6 is 11.6 Å². The van der Waals surface area contributed by atoms with Crippen molar-refractivity contribution >= 4 is 23.2 Å². The maximum Gasteiger partial charge on any atom is 0.277 e. The fourth-order valence-electron chi connectivity index (χ4n) is 2.95. The fourth-order valence-corrected chi connectivity index (χ4v) is 3.15. The zero-order valence-electron chi connectivity index (χ0n) is 13.1. The number of aryl methyl sites for hydroxylation is 2. The zero-order valence-corrected chi connectivity index (χ0v) is 13.9. The molecule has 5 nitrogen and oxygen atoms in total. The van der Waals surface area contributed by atoms with Crippen LogP contribution < -0.4 is 10.5 Å². The van der Waals surface area contributed by atoms with Crippen molar-refractivity contribution in [2.75, 3.05) is 11.4 Å². The van der Waals surface area contributed by atoms with E-state index >= 15 is 0 Å². The smallest absolute Gasteiger partial charge is 0.277 e. The first kappa shape index (κ1) is 15.7. The van der Waals surface area contributed by atoms with Gasteiger partial charge < -0.3 is 4.90 Å². The number of aromatic nitrogens is 2. The van der Waals surface area contributed by atoms with Crippen molar-refractivity contribution in [2.45, 2.75) is 33.1 Å². The molecular weight excluding hydrogens is 314 g/mol. The number of hydrogen-bond acceptors (Lipinski definition) is 3. The van der Waals surface area contributed by atoms with E-state index in [9.17, 15) is 9.59 Å². The average Bonchev–Trinajstić information content (AvgIpc) is 2.73. The standard InChI is InChI=1S/C17H18ClN3O2/c1-10-11(2)19-20-16(22)15(10)17(23)21-8-4-3-5-12-9-13(18)6-7-14(12)21/h6-7,9H,3-5,8H2,1-2H3,(H,20,22). The second-order valence-electron chi connectivity index (χ2n) is 5.83. The van der Waals surface area contributed by atoms with Crippen LogP contribution in [0.4, 0.5) is 5.69 Å². The first-order valence-electron chi connectivity index (χ1n) is 7.65. The Bertz CT molecular complexity index is 829. The highest BCUT2D eigenvalue weighted by molar-refractivity contribution is 6.30. The summed E-state index contributed by atoms with van der Waals surface area (Å²) in [7, 11) is 0. The van der Waals surface area contributed by atoms with Crippen molar-refractivity contribution in [3.63, 3.8) is 0 Å². The molecule has 0 unspecified atom stereocenters. The van der Waals surface area contributed by atoms with Gasteiger partial charge in [-0.15, -0.1) is 0 Å². The number of benzene rings is 1. The molecule has 0 saturated heterocycles. The summed E-state index contributed by atoms with van der Waals surface area (Å²) in [4.78, 5) is 26.9. The van der Waals surface area contributed by atoms with Crippen LogP contribution in [0.25, 0.3) is 0 Å². The topological polar surface area (TPSA) is 66.1 Å². The van der Waals surface area contributed by atoms with Crippen molar-refractivity contribution in [3.05, 3.63) is 56.0 Å². The highest BCUT2D eigenvalue weighted by Gasteiger charge is 2.26. The first-order chi connectivity index (χ1) is 11.0. The average molecular weight is 332 g/mol. The summed E-state index contributed by atoms with van der Waals surface area (Å²) in [6, 6.07) is 5.54. The molecule has 0 fully saturated rings. The number of halogens is 1. The van der Waals surface area contributed by atoms with Crippen LogP contribution in [0.2, 0.25) is 5.02 Å². The summed E-state index contributed by atoms with van der Waals surface area (Å²) >= 11 is 6.08. The molecule has 3 rings (SSSR count). The first-order valence-corrected chi connectivity index (χ1v) is 8.03. The Morgan fingerprint density at radius 3 is 2.87 bits per heavy atom. The van der Waals surface area contributed by atoms with E-state index < -0.39 is 5.56 Å². The van der Waals surface area contributed by atoms with Crippen LogP contribution in [0.3, 0.4) is 0 Å². The van der Waals surface area contributed by atoms with Gasteiger partial charge in [-0.3, -0.25) is 9.59 Å². The van der Waals surface area contributed by atoms with Crippen molar-refractivity contribution in [2.24, 2.45) is 0 Å². The molecule has 1 aliphatic rings. The Labute approximate surface area is 139 Å². The molecule has 23 heavy (non-hydrogen) atoms. The molecule has 1 N–H and O–H groups in total. The zero-order chi connectivity index (χ0) is 16.6. The van der Waals surface area contributed by atoms with Gasteiger partial charge in [0.05, 0.1) is 5.69 Å². The molecule has 0 bridgehead atoms. The predicted molar refractivity (Wildman–Crippen MR) is 90.4 cm³/mol. The van der Waals surface area contributed by atoms with Crippen LogP contribution in [0.5, 0.6) is 0 Å². The maximum atomic E-state index is 13.0. The molecule has 0 saturated carbocycles. The Morgan fingerprint density at radius 1 is 1.30 bits per heavy atom. The van der Waals surface area contributed by atoms with Gasteiger partial charge in [0.25, 0.3) is 11.5 Å². The number of anilines is 1. The van der Waals surface area contributed by atoms with E-state index in [0.29, 0.717) is 22.8 Å². The van der Waals surface area contributed by atoms with Crippen molar-refractivity contribution in [1.82, 2.24) is 10.2 Å². The molecule has 2 aromatic rings. The third kappa shape index (κ3) is 2.88. The Kier molecular flexibility index (Phi) is 4.22. The lowest BCUT2D eigenvalue weighted by Crippen LogP contribution is -2.37. The minimum Gasteiger partial charge on any atom is -0.308 e. The lowest BCUT2D eigenvalue weighted by molar-refractivity contribution is 0.0984. The van der Waals surface area contributed by atoms with Gasteiger partial charge >= 0.3 is 0 Å². The van der Waals surface area contributed by atoms with Gasteiger partial charge in [-0.25, -0.2) is 5.10 Å². The molecule has 0 atom stereocenters. The minimum atomic E-state index is -0.446. The van der Waals surface area contributed by atoms with Crippen molar-refractivity contribution in [3.8, 4) is 0 Å². The molecule has 1 aliphatic heterocycles. The number of aromatic amines is 1. The van der Waals surface area contributed by atoms with Gasteiger partial charge in [0.15, 0.2) is 0 Å². The van der Waals surface area contributed by atoms with Crippen LogP contribution in [0, 0.1) is 13.8 Å². The fraction of sp³-hybridized carbons (Fsp3) is 0.353. The van der Waals surface area contributed by atoms with Crippen molar-refractivity contribution in [1.29, 1.82) is 0 Å². The Hall–Kier alpha value is -2.14. The molecule has 6 heteroatoms. The van der Waals surface area contributed by atoms with Gasteiger partial charge in [0.1, 0.15) is 5.56 Å². The summed E-state index contributed by atoms with van der Waals surface area (Å²) in [5, 5.41) is 6.98. The van der Waals surface area contributed by atoms with Crippen LogP contribution in [-0.4, -0.2) is 22.6 Å². The predicted octanol–water partition coefficient (Wildman–Crippen LogP) is 3.02. The minimum absolute atomic E-state index is 0.167. The van der Waals surface area contributed by atoms with Crippen molar-refractivity contribution < 1.29 is 4.79 Å². The Morgan fingerprint density at radius 2 is 2.09 bits per heavy atom. The summed E-state index contributed by atoms with van der Waals surface area (Å²) < 4.78 is 0.